The molecular formula is C24H24N2O. The molecule has 0 radical (unpaired) electrons. The Hall–Kier alpha value is -3.07. The first-order chi connectivity index (χ1) is 13.3. The number of aromatic amines is 1. The minimum Gasteiger partial charge on any atom is -0.372 e. The van der Waals surface area contributed by atoms with Gasteiger partial charge in [0.25, 0.3) is 5.56 Å². The molecule has 1 aliphatic rings. The van der Waals surface area contributed by atoms with Gasteiger partial charge in [0.2, 0.25) is 0 Å². The number of anilines is 1. The predicted molar refractivity (Wildman–Crippen MR) is 114 cm³/mol. The molecule has 1 N–H and O–H groups in total. The van der Waals surface area contributed by atoms with Crippen molar-refractivity contribution in [2.75, 3.05) is 18.0 Å². The maximum absolute atomic E-state index is 12.2. The summed E-state index contributed by atoms with van der Waals surface area (Å²) in [4.78, 5) is 17.5. The first kappa shape index (κ1) is 17.3. The van der Waals surface area contributed by atoms with Crippen LogP contribution in [0.1, 0.15) is 30.4 Å². The van der Waals surface area contributed by atoms with Crippen LogP contribution in [0.15, 0.2) is 71.7 Å². The number of H-pyrrole nitrogens is 1. The van der Waals surface area contributed by atoms with Gasteiger partial charge in [0, 0.05) is 30.5 Å². The van der Waals surface area contributed by atoms with Crippen LogP contribution in [-0.4, -0.2) is 18.1 Å². The normalized spacial score (nSPS) is 14.6. The predicted octanol–water partition coefficient (Wildman–Crippen LogP) is 5.20. The highest BCUT2D eigenvalue weighted by atomic mass is 16.1. The molecule has 1 fully saturated rings. The Morgan fingerprint density at radius 3 is 2.30 bits per heavy atom. The Bertz CT molecular complexity index is 965. The van der Waals surface area contributed by atoms with Gasteiger partial charge in [-0.1, -0.05) is 48.5 Å². The van der Waals surface area contributed by atoms with Crippen LogP contribution in [0.3, 0.4) is 0 Å². The van der Waals surface area contributed by atoms with Crippen LogP contribution >= 0.6 is 0 Å². The van der Waals surface area contributed by atoms with Crippen LogP contribution < -0.4 is 10.5 Å². The molecule has 0 amide bonds. The van der Waals surface area contributed by atoms with Crippen molar-refractivity contribution >= 4 is 17.8 Å². The first-order valence-corrected chi connectivity index (χ1v) is 9.61. The third kappa shape index (κ3) is 4.20. The Morgan fingerprint density at radius 1 is 0.815 bits per heavy atom. The van der Waals surface area contributed by atoms with Crippen molar-refractivity contribution in [2.24, 2.45) is 0 Å². The fraction of sp³-hybridized carbons (Fsp3) is 0.208. The SMILES string of the molecule is O=c1[nH]cc(-c2ccccc2)cc1/C=C/c1ccc(N2CCCCC2)cc1. The van der Waals surface area contributed by atoms with E-state index in [1.165, 1.54) is 24.9 Å². The van der Waals surface area contributed by atoms with Crippen molar-refractivity contribution < 1.29 is 0 Å². The van der Waals surface area contributed by atoms with Crippen LogP contribution in [-0.2, 0) is 0 Å². The topological polar surface area (TPSA) is 36.1 Å². The van der Waals surface area contributed by atoms with E-state index in [0.717, 1.165) is 29.8 Å². The van der Waals surface area contributed by atoms with Crippen molar-refractivity contribution in [3.8, 4) is 11.1 Å². The molecule has 0 atom stereocenters. The number of pyridine rings is 1. The molecule has 3 nitrogen and oxygen atoms in total. The second-order valence-corrected chi connectivity index (χ2v) is 7.01. The molecule has 2 heterocycles. The summed E-state index contributed by atoms with van der Waals surface area (Å²) < 4.78 is 0. The van der Waals surface area contributed by atoms with Crippen molar-refractivity contribution in [3.63, 3.8) is 0 Å². The number of hydrogen-bond donors (Lipinski definition) is 1. The van der Waals surface area contributed by atoms with Crippen LogP contribution in [0.4, 0.5) is 5.69 Å². The number of nitrogens with zero attached hydrogens (tertiary/aromatic N) is 1. The average molecular weight is 356 g/mol. The van der Waals surface area contributed by atoms with E-state index in [9.17, 15) is 4.79 Å². The zero-order valence-electron chi connectivity index (χ0n) is 15.4. The first-order valence-electron chi connectivity index (χ1n) is 9.61. The molecule has 0 aliphatic carbocycles. The van der Waals surface area contributed by atoms with E-state index in [-0.39, 0.29) is 5.56 Å². The maximum Gasteiger partial charge on any atom is 0.255 e. The summed E-state index contributed by atoms with van der Waals surface area (Å²) in [5, 5.41) is 0. The maximum atomic E-state index is 12.2. The molecule has 3 aromatic rings. The van der Waals surface area contributed by atoms with Crippen LogP contribution in [0.25, 0.3) is 23.3 Å². The van der Waals surface area contributed by atoms with Gasteiger partial charge < -0.3 is 9.88 Å². The highest BCUT2D eigenvalue weighted by Gasteiger charge is 2.10. The molecular weight excluding hydrogens is 332 g/mol. The summed E-state index contributed by atoms with van der Waals surface area (Å²) >= 11 is 0. The summed E-state index contributed by atoms with van der Waals surface area (Å²) in [7, 11) is 0. The lowest BCUT2D eigenvalue weighted by atomic mass is 10.1. The number of benzene rings is 2. The fourth-order valence-corrected chi connectivity index (χ4v) is 3.56. The zero-order chi connectivity index (χ0) is 18.5. The lowest BCUT2D eigenvalue weighted by Crippen LogP contribution is -2.29. The summed E-state index contributed by atoms with van der Waals surface area (Å²) in [6, 6.07) is 20.6. The Kier molecular flexibility index (Phi) is 5.20. The zero-order valence-corrected chi connectivity index (χ0v) is 15.4. The monoisotopic (exact) mass is 356 g/mol. The Labute approximate surface area is 160 Å². The van der Waals surface area contributed by atoms with Gasteiger partial charge in [0.05, 0.1) is 0 Å². The van der Waals surface area contributed by atoms with Crippen molar-refractivity contribution in [1.82, 2.24) is 4.98 Å². The van der Waals surface area contributed by atoms with E-state index in [1.54, 1.807) is 6.20 Å². The standard InChI is InChI=1S/C24H24N2O/c27-24-21(17-22(18-25-24)20-7-3-1-4-8-20)12-9-19-10-13-23(14-11-19)26-15-5-2-6-16-26/h1,3-4,7-14,17-18H,2,5-6,15-16H2,(H,25,27)/b12-9+. The van der Waals surface area contributed by atoms with Gasteiger partial charge >= 0.3 is 0 Å². The summed E-state index contributed by atoms with van der Waals surface area (Å²) in [5.74, 6) is 0. The van der Waals surface area contributed by atoms with Crippen LogP contribution in [0.2, 0.25) is 0 Å². The second-order valence-electron chi connectivity index (χ2n) is 7.01. The molecule has 0 saturated carbocycles. The van der Waals surface area contributed by atoms with Crippen molar-refractivity contribution in [1.29, 1.82) is 0 Å². The molecule has 0 unspecified atom stereocenters. The Balaban J connectivity index is 1.53. The van der Waals surface area contributed by atoms with Crippen LogP contribution in [0.5, 0.6) is 0 Å². The number of piperidine rings is 1. The molecule has 27 heavy (non-hydrogen) atoms. The number of rotatable bonds is 4. The molecule has 4 rings (SSSR count). The van der Waals surface area contributed by atoms with E-state index in [1.807, 2.05) is 48.6 Å². The largest absolute Gasteiger partial charge is 0.372 e. The fourth-order valence-electron chi connectivity index (χ4n) is 3.56. The lowest BCUT2D eigenvalue weighted by molar-refractivity contribution is 0.578. The van der Waals surface area contributed by atoms with Gasteiger partial charge in [-0.2, -0.15) is 0 Å². The van der Waals surface area contributed by atoms with E-state index >= 15 is 0 Å². The van der Waals surface area contributed by atoms with Crippen molar-refractivity contribution in [2.45, 2.75) is 19.3 Å². The van der Waals surface area contributed by atoms with E-state index in [4.69, 9.17) is 0 Å². The van der Waals surface area contributed by atoms with Gasteiger partial charge in [-0.05, 0) is 60.2 Å². The Morgan fingerprint density at radius 2 is 1.56 bits per heavy atom. The molecule has 0 spiro atoms. The summed E-state index contributed by atoms with van der Waals surface area (Å²) in [6.07, 6.45) is 9.56. The third-order valence-electron chi connectivity index (χ3n) is 5.11. The summed E-state index contributed by atoms with van der Waals surface area (Å²) in [5.41, 5.74) is 5.08. The quantitative estimate of drug-likeness (QED) is 0.697. The van der Waals surface area contributed by atoms with E-state index in [2.05, 4.69) is 34.1 Å². The average Bonchev–Trinajstić information content (AvgIpc) is 2.75. The second kappa shape index (κ2) is 8.09. The van der Waals surface area contributed by atoms with Gasteiger partial charge in [0.15, 0.2) is 0 Å². The van der Waals surface area contributed by atoms with Gasteiger partial charge in [0.1, 0.15) is 0 Å². The number of nitrogens with one attached hydrogen (secondary N) is 1. The van der Waals surface area contributed by atoms with Crippen LogP contribution in [0, 0.1) is 0 Å². The molecule has 1 saturated heterocycles. The number of aromatic nitrogens is 1. The minimum absolute atomic E-state index is 0.0733. The number of hydrogen-bond acceptors (Lipinski definition) is 2. The van der Waals surface area contributed by atoms with Gasteiger partial charge in [-0.25, -0.2) is 0 Å². The highest BCUT2D eigenvalue weighted by Crippen LogP contribution is 2.21. The smallest absolute Gasteiger partial charge is 0.255 e. The molecule has 3 heteroatoms. The van der Waals surface area contributed by atoms with E-state index in [0.29, 0.717) is 5.56 Å². The molecule has 136 valence electrons. The molecule has 2 aromatic carbocycles. The minimum atomic E-state index is -0.0733. The van der Waals surface area contributed by atoms with Gasteiger partial charge in [-0.15, -0.1) is 0 Å². The highest BCUT2D eigenvalue weighted by molar-refractivity contribution is 5.73. The molecule has 1 aromatic heterocycles. The molecule has 1 aliphatic heterocycles. The van der Waals surface area contributed by atoms with Gasteiger partial charge in [-0.3, -0.25) is 4.79 Å². The van der Waals surface area contributed by atoms with E-state index < -0.39 is 0 Å². The lowest BCUT2D eigenvalue weighted by Gasteiger charge is -2.28. The summed E-state index contributed by atoms with van der Waals surface area (Å²) in [6.45, 7) is 2.30. The van der Waals surface area contributed by atoms with Crippen molar-refractivity contribution in [3.05, 3.63) is 88.3 Å². The molecule has 0 bridgehead atoms. The third-order valence-corrected chi connectivity index (χ3v) is 5.11.